The van der Waals surface area contributed by atoms with E-state index in [-0.39, 0.29) is 11.8 Å². The molecule has 0 radical (unpaired) electrons. The Morgan fingerprint density at radius 3 is 1.38 bits per heavy atom. The second-order valence-corrected chi connectivity index (χ2v) is 3.77. The molecule has 0 atom stereocenters. The Kier molecular flexibility index (Phi) is 4.26. The summed E-state index contributed by atoms with van der Waals surface area (Å²) in [4.78, 5) is 22.9. The zero-order valence-corrected chi connectivity index (χ0v) is 10.4. The molecule has 1 aliphatic heterocycles. The molecule has 0 unspecified atom stereocenters. The van der Waals surface area contributed by atoms with Crippen molar-refractivity contribution in [3.63, 3.8) is 0 Å². The fourth-order valence-electron chi connectivity index (χ4n) is 1.78. The highest BCUT2D eigenvalue weighted by Crippen LogP contribution is 2.13. The van der Waals surface area contributed by atoms with Crippen LogP contribution in [0.15, 0.2) is 0 Å². The lowest BCUT2D eigenvalue weighted by Crippen LogP contribution is -2.65. The fraction of sp³-hybridized carbons (Fsp3) is 0.800. The molecule has 0 aromatic heterocycles. The van der Waals surface area contributed by atoms with Crippen LogP contribution in [0.2, 0.25) is 0 Å². The molecule has 6 heteroatoms. The van der Waals surface area contributed by atoms with Gasteiger partial charge >= 0.3 is 0 Å². The van der Waals surface area contributed by atoms with Crippen LogP contribution in [0.4, 0.5) is 0 Å². The van der Waals surface area contributed by atoms with Crippen molar-refractivity contribution in [3.8, 4) is 0 Å². The van der Waals surface area contributed by atoms with Crippen molar-refractivity contribution in [1.29, 1.82) is 0 Å². The Morgan fingerprint density at radius 2 is 1.19 bits per heavy atom. The lowest BCUT2D eigenvalue weighted by atomic mass is 10.5. The normalized spacial score (nSPS) is 19.0. The maximum absolute atomic E-state index is 11.5. The van der Waals surface area contributed by atoms with Gasteiger partial charge in [-0.05, 0) is 0 Å². The summed E-state index contributed by atoms with van der Waals surface area (Å²) in [5, 5.41) is 7.08. The van der Waals surface area contributed by atoms with Crippen molar-refractivity contribution in [2.75, 3.05) is 26.4 Å². The van der Waals surface area contributed by atoms with E-state index in [1.165, 1.54) is 0 Å². The number of hydrogen-bond acceptors (Lipinski definition) is 4. The van der Waals surface area contributed by atoms with Gasteiger partial charge in [0.1, 0.15) is 13.3 Å². The minimum atomic E-state index is 0.00324. The quantitative estimate of drug-likeness (QED) is 0.672. The first-order valence-corrected chi connectivity index (χ1v) is 5.57. The topological polar surface area (TPSA) is 47.1 Å². The number of carbonyl (C=O) groups is 2. The van der Waals surface area contributed by atoms with E-state index in [4.69, 9.17) is 0 Å². The van der Waals surface area contributed by atoms with Crippen LogP contribution in [0.25, 0.3) is 0 Å². The second kappa shape index (κ2) is 5.27. The van der Waals surface area contributed by atoms with Crippen molar-refractivity contribution in [2.45, 2.75) is 27.7 Å². The van der Waals surface area contributed by atoms with Gasteiger partial charge in [-0.2, -0.15) is 10.0 Å². The Labute approximate surface area is 96.3 Å². The highest BCUT2D eigenvalue weighted by Gasteiger charge is 2.31. The van der Waals surface area contributed by atoms with Gasteiger partial charge in [0.2, 0.25) is 11.8 Å². The lowest BCUT2D eigenvalue weighted by molar-refractivity contribution is -0.219. The largest absolute Gasteiger partial charge is 0.274 e. The molecule has 2 amide bonds. The van der Waals surface area contributed by atoms with E-state index >= 15 is 0 Å². The number of hydrogen-bond donors (Lipinski definition) is 0. The molecule has 0 saturated carbocycles. The second-order valence-electron chi connectivity index (χ2n) is 3.77. The third kappa shape index (κ3) is 2.51. The van der Waals surface area contributed by atoms with Gasteiger partial charge in [0, 0.05) is 26.9 Å². The molecule has 1 saturated heterocycles. The van der Waals surface area contributed by atoms with Crippen LogP contribution in [0.1, 0.15) is 27.7 Å². The predicted octanol–water partition coefficient (Wildman–Crippen LogP) is 0.0858. The monoisotopic (exact) mass is 228 g/mol. The van der Waals surface area contributed by atoms with Crippen molar-refractivity contribution in [3.05, 3.63) is 0 Å². The molecule has 0 N–H and O–H groups in total. The molecule has 0 aromatic rings. The van der Waals surface area contributed by atoms with E-state index in [1.54, 1.807) is 23.9 Å². The summed E-state index contributed by atoms with van der Waals surface area (Å²) in [6.45, 7) is 9.33. The molecule has 1 aliphatic rings. The van der Waals surface area contributed by atoms with E-state index in [0.29, 0.717) is 26.4 Å². The van der Waals surface area contributed by atoms with Crippen molar-refractivity contribution < 1.29 is 9.59 Å². The summed E-state index contributed by atoms with van der Waals surface area (Å²) in [6.07, 6.45) is 0. The van der Waals surface area contributed by atoms with Gasteiger partial charge in [0.05, 0.1) is 0 Å². The maximum Gasteiger partial charge on any atom is 0.235 e. The summed E-state index contributed by atoms with van der Waals surface area (Å²) >= 11 is 0. The van der Waals surface area contributed by atoms with Crippen LogP contribution in [-0.2, 0) is 9.59 Å². The summed E-state index contributed by atoms with van der Waals surface area (Å²) in [7, 11) is 0. The first-order valence-electron chi connectivity index (χ1n) is 5.57. The first-order chi connectivity index (χ1) is 7.51. The number of rotatable bonds is 2. The molecule has 16 heavy (non-hydrogen) atoms. The third-order valence-electron chi connectivity index (χ3n) is 2.73. The summed E-state index contributed by atoms with van der Waals surface area (Å²) < 4.78 is 0. The maximum atomic E-state index is 11.5. The molecule has 0 aromatic carbocycles. The number of hydrazine groups is 2. The average molecular weight is 228 g/mol. The number of carbonyl (C=O) groups excluding carboxylic acids is 2. The molecular formula is C10H20N4O2. The lowest BCUT2D eigenvalue weighted by Gasteiger charge is -2.48. The predicted molar refractivity (Wildman–Crippen MR) is 59.5 cm³/mol. The molecule has 1 heterocycles. The van der Waals surface area contributed by atoms with Crippen molar-refractivity contribution in [1.82, 2.24) is 20.0 Å². The van der Waals surface area contributed by atoms with Gasteiger partial charge in [-0.15, -0.1) is 0 Å². The average Bonchev–Trinajstić information content (AvgIpc) is 2.26. The Balaban J connectivity index is 2.83. The first kappa shape index (κ1) is 12.9. The molecule has 0 bridgehead atoms. The zero-order valence-electron chi connectivity index (χ0n) is 10.4. The van der Waals surface area contributed by atoms with Crippen LogP contribution in [0.3, 0.4) is 0 Å². The van der Waals surface area contributed by atoms with Crippen LogP contribution in [0, 0.1) is 0 Å². The van der Waals surface area contributed by atoms with Crippen LogP contribution in [-0.4, -0.2) is 58.3 Å². The van der Waals surface area contributed by atoms with Gasteiger partial charge in [-0.25, -0.2) is 0 Å². The molecule has 0 aliphatic carbocycles. The zero-order chi connectivity index (χ0) is 12.3. The van der Waals surface area contributed by atoms with E-state index in [0.717, 1.165) is 0 Å². The van der Waals surface area contributed by atoms with E-state index < -0.39 is 0 Å². The standard InChI is InChI=1S/C10H20N4O2/c1-5-11-7-14(10(4)16)12(6-2)8-13(11)9(3)15/h5-8H2,1-4H3. The van der Waals surface area contributed by atoms with Gasteiger partial charge in [0.15, 0.2) is 0 Å². The van der Waals surface area contributed by atoms with Gasteiger partial charge in [0.25, 0.3) is 0 Å². The van der Waals surface area contributed by atoms with Gasteiger partial charge < -0.3 is 0 Å². The highest BCUT2D eigenvalue weighted by molar-refractivity contribution is 5.74. The SMILES string of the molecule is CCN1CN(C(C)=O)N(CC)CN1C(C)=O. The highest BCUT2D eigenvalue weighted by atomic mass is 16.2. The molecule has 1 rings (SSSR count). The molecule has 1 fully saturated rings. The van der Waals surface area contributed by atoms with Crippen LogP contribution in [0.5, 0.6) is 0 Å². The van der Waals surface area contributed by atoms with E-state index in [1.807, 2.05) is 23.9 Å². The molecule has 6 nitrogen and oxygen atoms in total. The van der Waals surface area contributed by atoms with Crippen LogP contribution >= 0.6 is 0 Å². The van der Waals surface area contributed by atoms with Crippen molar-refractivity contribution in [2.24, 2.45) is 0 Å². The Bertz CT molecular complexity index is 254. The van der Waals surface area contributed by atoms with Gasteiger partial charge in [-0.1, -0.05) is 13.8 Å². The Morgan fingerprint density at radius 1 is 0.875 bits per heavy atom. The minimum absolute atomic E-state index is 0.00324. The molecule has 92 valence electrons. The smallest absolute Gasteiger partial charge is 0.235 e. The van der Waals surface area contributed by atoms with E-state index in [9.17, 15) is 9.59 Å². The van der Waals surface area contributed by atoms with Crippen LogP contribution < -0.4 is 0 Å². The van der Waals surface area contributed by atoms with Gasteiger partial charge in [-0.3, -0.25) is 19.6 Å². The van der Waals surface area contributed by atoms with E-state index in [2.05, 4.69) is 0 Å². The summed E-state index contributed by atoms with van der Waals surface area (Å²) in [6, 6.07) is 0. The fourth-order valence-corrected chi connectivity index (χ4v) is 1.78. The summed E-state index contributed by atoms with van der Waals surface area (Å²) in [5.41, 5.74) is 0. The van der Waals surface area contributed by atoms with Crippen molar-refractivity contribution >= 4 is 11.8 Å². The Hall–Kier alpha value is -1.14. The summed E-state index contributed by atoms with van der Waals surface area (Å²) in [5.74, 6) is 0.00649. The number of nitrogens with zero attached hydrogens (tertiary/aromatic N) is 4. The third-order valence-corrected chi connectivity index (χ3v) is 2.73. The number of amides is 2. The molecule has 0 spiro atoms. The minimum Gasteiger partial charge on any atom is -0.274 e. The molecular weight excluding hydrogens is 208 g/mol.